The van der Waals surface area contributed by atoms with Crippen LogP contribution in [0.25, 0.3) is 27.5 Å². The van der Waals surface area contributed by atoms with E-state index in [1.807, 2.05) is 48.5 Å². The van der Waals surface area contributed by atoms with Crippen molar-refractivity contribution in [3.8, 4) is 33.3 Å². The van der Waals surface area contributed by atoms with Gasteiger partial charge in [-0.1, -0.05) is 36.4 Å². The first-order chi connectivity index (χ1) is 20.1. The Hall–Kier alpha value is -4.39. The van der Waals surface area contributed by atoms with Crippen LogP contribution in [-0.4, -0.2) is 41.4 Å². The average molecular weight is 605 g/mol. The second kappa shape index (κ2) is 10.8. The minimum Gasteiger partial charge on any atom is -0.497 e. The van der Waals surface area contributed by atoms with Crippen LogP contribution in [0.4, 0.5) is 4.39 Å². The standard InChI is InChI=1S/C30H25FN4O5S2/c1-40-22-7-3-5-19(13-22)18-4-2-6-21(12-18)28-24(14-20-10-11-23(15-25(20)31)42(32,38)39)27(17-8-9-17)34-35(28)30-33-26(16-41-30)29(36)37/h2-7,10-13,15-17H,8-9,14H2,1H3,(H,36,37)(H2,32,38,39). The zero-order chi connectivity index (χ0) is 29.6. The highest BCUT2D eigenvalue weighted by atomic mass is 32.2. The molecule has 1 aliphatic carbocycles. The molecule has 5 aromatic rings. The lowest BCUT2D eigenvalue weighted by atomic mass is 9.95. The van der Waals surface area contributed by atoms with E-state index in [2.05, 4.69) is 4.98 Å². The van der Waals surface area contributed by atoms with Gasteiger partial charge >= 0.3 is 5.97 Å². The summed E-state index contributed by atoms with van der Waals surface area (Å²) in [5, 5.41) is 21.5. The smallest absolute Gasteiger partial charge is 0.355 e. The van der Waals surface area contributed by atoms with Gasteiger partial charge in [-0.2, -0.15) is 5.10 Å². The third-order valence-electron chi connectivity index (χ3n) is 7.13. The van der Waals surface area contributed by atoms with Crippen molar-refractivity contribution in [2.75, 3.05) is 7.11 Å². The van der Waals surface area contributed by atoms with E-state index in [9.17, 15) is 18.3 Å². The summed E-state index contributed by atoms with van der Waals surface area (Å²) in [6, 6.07) is 19.1. The molecular weight excluding hydrogens is 579 g/mol. The molecule has 214 valence electrons. The van der Waals surface area contributed by atoms with Crippen molar-refractivity contribution >= 4 is 27.3 Å². The Morgan fingerprint density at radius 3 is 2.45 bits per heavy atom. The molecule has 3 N–H and O–H groups in total. The van der Waals surface area contributed by atoms with Crippen molar-refractivity contribution in [3.05, 3.63) is 100 Å². The minimum atomic E-state index is -4.07. The van der Waals surface area contributed by atoms with Crippen LogP contribution in [0, 0.1) is 5.82 Å². The maximum Gasteiger partial charge on any atom is 0.355 e. The Labute approximate surface area is 245 Å². The molecule has 0 bridgehead atoms. The van der Waals surface area contributed by atoms with Gasteiger partial charge in [0, 0.05) is 28.8 Å². The Morgan fingerprint density at radius 2 is 1.81 bits per heavy atom. The van der Waals surface area contributed by atoms with E-state index >= 15 is 4.39 Å². The molecule has 0 amide bonds. The number of rotatable bonds is 9. The summed E-state index contributed by atoms with van der Waals surface area (Å²) >= 11 is 1.15. The maximum absolute atomic E-state index is 15.3. The van der Waals surface area contributed by atoms with Gasteiger partial charge in [-0.05, 0) is 59.9 Å². The first kappa shape index (κ1) is 27.8. The third kappa shape index (κ3) is 5.43. The normalized spacial score (nSPS) is 13.3. The maximum atomic E-state index is 15.3. The minimum absolute atomic E-state index is 0.0965. The lowest BCUT2D eigenvalue weighted by Crippen LogP contribution is -2.12. The molecule has 1 aliphatic rings. The summed E-state index contributed by atoms with van der Waals surface area (Å²) in [5.41, 5.74) is 4.99. The van der Waals surface area contributed by atoms with Crippen molar-refractivity contribution in [1.82, 2.24) is 14.8 Å². The van der Waals surface area contributed by atoms with Crippen LogP contribution < -0.4 is 9.88 Å². The number of primary sulfonamides is 1. The number of carbonyl (C=O) groups is 1. The predicted octanol–water partition coefficient (Wildman–Crippen LogP) is 5.62. The fourth-order valence-electron chi connectivity index (χ4n) is 4.91. The van der Waals surface area contributed by atoms with Gasteiger partial charge in [0.25, 0.3) is 0 Å². The van der Waals surface area contributed by atoms with Crippen LogP contribution in [0.1, 0.15) is 46.1 Å². The van der Waals surface area contributed by atoms with Crippen LogP contribution in [0.2, 0.25) is 0 Å². The zero-order valence-electron chi connectivity index (χ0n) is 22.3. The number of aromatic carboxylic acids is 1. The molecule has 3 aromatic carbocycles. The molecule has 0 atom stereocenters. The summed E-state index contributed by atoms with van der Waals surface area (Å²) in [4.78, 5) is 15.6. The van der Waals surface area contributed by atoms with E-state index in [1.54, 1.807) is 11.8 Å². The Kier molecular flexibility index (Phi) is 7.13. The SMILES string of the molecule is COc1cccc(-c2cccc(-c3c(Cc4ccc(S(N)(=O)=O)cc4F)c(C4CC4)nn3-c3nc(C(=O)O)cs3)c2)c1. The molecule has 9 nitrogen and oxygen atoms in total. The molecule has 6 rings (SSSR count). The van der Waals surface area contributed by atoms with E-state index in [0.717, 1.165) is 58.2 Å². The highest BCUT2D eigenvalue weighted by molar-refractivity contribution is 7.89. The van der Waals surface area contributed by atoms with E-state index in [0.29, 0.717) is 16.6 Å². The molecule has 2 heterocycles. The van der Waals surface area contributed by atoms with Crippen LogP contribution >= 0.6 is 11.3 Å². The molecule has 0 aliphatic heterocycles. The van der Waals surface area contributed by atoms with Gasteiger partial charge in [-0.15, -0.1) is 11.3 Å². The van der Waals surface area contributed by atoms with Crippen molar-refractivity contribution in [2.24, 2.45) is 5.14 Å². The molecule has 0 unspecified atom stereocenters. The number of hydrogen-bond acceptors (Lipinski definition) is 7. The summed E-state index contributed by atoms with van der Waals surface area (Å²) in [7, 11) is -2.47. The lowest BCUT2D eigenvalue weighted by Gasteiger charge is -2.12. The number of nitrogens with two attached hydrogens (primary N) is 1. The third-order valence-corrected chi connectivity index (χ3v) is 8.86. The zero-order valence-corrected chi connectivity index (χ0v) is 24.0. The number of carboxylic acids is 1. The van der Waals surface area contributed by atoms with Gasteiger partial charge in [0.05, 0.1) is 23.4 Å². The van der Waals surface area contributed by atoms with Crippen LogP contribution in [-0.2, 0) is 16.4 Å². The average Bonchev–Trinajstić information content (AvgIpc) is 3.56. The van der Waals surface area contributed by atoms with Crippen molar-refractivity contribution in [2.45, 2.75) is 30.1 Å². The number of carboxylic acid groups (broad SMARTS) is 1. The van der Waals surface area contributed by atoms with Crippen molar-refractivity contribution < 1.29 is 27.4 Å². The van der Waals surface area contributed by atoms with Crippen molar-refractivity contribution in [1.29, 1.82) is 0 Å². The number of thiazole rings is 1. The predicted molar refractivity (Wildman–Crippen MR) is 156 cm³/mol. The fraction of sp³-hybridized carbons (Fsp3) is 0.167. The number of benzene rings is 3. The summed E-state index contributed by atoms with van der Waals surface area (Å²) in [6.45, 7) is 0. The molecule has 0 spiro atoms. The van der Waals surface area contributed by atoms with Crippen LogP contribution in [0.3, 0.4) is 0 Å². The number of nitrogens with zero attached hydrogens (tertiary/aromatic N) is 3. The number of ether oxygens (including phenoxy) is 1. The molecule has 0 radical (unpaired) electrons. The summed E-state index contributed by atoms with van der Waals surface area (Å²) in [5.74, 6) is -0.977. The topological polar surface area (TPSA) is 137 Å². The van der Waals surface area contributed by atoms with Gasteiger partial charge in [0.15, 0.2) is 5.69 Å². The largest absolute Gasteiger partial charge is 0.497 e. The summed E-state index contributed by atoms with van der Waals surface area (Å²) in [6.07, 6.45) is 1.95. The van der Waals surface area contributed by atoms with Gasteiger partial charge in [-0.3, -0.25) is 0 Å². The molecule has 12 heteroatoms. The van der Waals surface area contributed by atoms with Gasteiger partial charge in [0.1, 0.15) is 11.6 Å². The highest BCUT2D eigenvalue weighted by Crippen LogP contribution is 2.45. The number of aromatic nitrogens is 3. The van der Waals surface area contributed by atoms with Crippen LogP contribution in [0.15, 0.2) is 77.0 Å². The molecular formula is C30H25FN4O5S2. The first-order valence-corrected chi connectivity index (χ1v) is 15.4. The Balaban J connectivity index is 1.55. The monoisotopic (exact) mass is 604 g/mol. The number of sulfonamides is 1. The quantitative estimate of drug-likeness (QED) is 0.223. The fourth-order valence-corrected chi connectivity index (χ4v) is 6.19. The van der Waals surface area contributed by atoms with E-state index in [-0.39, 0.29) is 28.5 Å². The number of methoxy groups -OCH3 is 1. The van der Waals surface area contributed by atoms with Gasteiger partial charge < -0.3 is 9.84 Å². The first-order valence-electron chi connectivity index (χ1n) is 13.0. The second-order valence-electron chi connectivity index (χ2n) is 10.0. The van der Waals surface area contributed by atoms with Crippen molar-refractivity contribution in [3.63, 3.8) is 0 Å². The number of hydrogen-bond donors (Lipinski definition) is 2. The van der Waals surface area contributed by atoms with Crippen LogP contribution in [0.5, 0.6) is 5.75 Å². The molecule has 42 heavy (non-hydrogen) atoms. The van der Waals surface area contributed by atoms with Gasteiger partial charge in [-0.25, -0.2) is 32.4 Å². The summed E-state index contributed by atoms with van der Waals surface area (Å²) < 4.78 is 45.9. The Bertz CT molecular complexity index is 1950. The second-order valence-corrected chi connectivity index (χ2v) is 12.4. The van der Waals surface area contributed by atoms with E-state index in [4.69, 9.17) is 15.0 Å². The van der Waals surface area contributed by atoms with E-state index < -0.39 is 21.8 Å². The van der Waals surface area contributed by atoms with Gasteiger partial charge in [0.2, 0.25) is 15.2 Å². The molecule has 0 saturated heterocycles. The lowest BCUT2D eigenvalue weighted by molar-refractivity contribution is 0.0691. The molecule has 1 fully saturated rings. The Morgan fingerprint density at radius 1 is 1.10 bits per heavy atom. The highest BCUT2D eigenvalue weighted by Gasteiger charge is 2.33. The molecule has 1 saturated carbocycles. The van der Waals surface area contributed by atoms with E-state index in [1.165, 1.54) is 17.5 Å². The molecule has 2 aromatic heterocycles. The number of halogens is 1.